The van der Waals surface area contributed by atoms with Crippen molar-refractivity contribution in [1.29, 1.82) is 0 Å². The van der Waals surface area contributed by atoms with Crippen LogP contribution in [0.4, 0.5) is 0 Å². The lowest BCUT2D eigenvalue weighted by Gasteiger charge is -2.06. The molecule has 0 saturated heterocycles. The predicted octanol–water partition coefficient (Wildman–Crippen LogP) is 5.17. The Balaban J connectivity index is 1.65. The van der Waals surface area contributed by atoms with E-state index in [1.54, 1.807) is 48.7 Å². The molecular weight excluding hydrogens is 377 g/mol. The summed E-state index contributed by atoms with van der Waals surface area (Å²) in [4.78, 5) is 13.2. The molecule has 0 atom stereocenters. The summed E-state index contributed by atoms with van der Waals surface area (Å²) < 4.78 is 11.1. The summed E-state index contributed by atoms with van der Waals surface area (Å²) in [5.41, 5.74) is 1.41. The molecule has 132 valence electrons. The average Bonchev–Trinajstić information content (AvgIpc) is 2.63. The fourth-order valence-corrected chi connectivity index (χ4v) is 2.30. The van der Waals surface area contributed by atoms with Crippen molar-refractivity contribution in [2.75, 3.05) is 7.11 Å². The van der Waals surface area contributed by atoms with Gasteiger partial charge in [0.2, 0.25) is 5.88 Å². The highest BCUT2D eigenvalue weighted by Gasteiger charge is 2.03. The molecule has 6 nitrogen and oxygen atoms in total. The second kappa shape index (κ2) is 8.51. The molecule has 0 fully saturated rings. The van der Waals surface area contributed by atoms with E-state index in [9.17, 15) is 0 Å². The Morgan fingerprint density at radius 1 is 1.08 bits per heavy atom. The summed E-state index contributed by atoms with van der Waals surface area (Å²) in [6.07, 6.45) is 4.41. The van der Waals surface area contributed by atoms with Crippen LogP contribution in [-0.4, -0.2) is 22.2 Å². The summed E-state index contributed by atoms with van der Waals surface area (Å²) in [6.45, 7) is 0. The smallest absolute Gasteiger partial charge is 0.238 e. The zero-order valence-corrected chi connectivity index (χ0v) is 15.1. The van der Waals surface area contributed by atoms with Crippen LogP contribution < -0.4 is 9.47 Å². The number of allylic oxidation sites excluding steroid dienone is 1. The van der Waals surface area contributed by atoms with Gasteiger partial charge in [0.25, 0.3) is 0 Å². The molecule has 0 aliphatic heterocycles. The van der Waals surface area contributed by atoms with E-state index in [1.165, 1.54) is 19.4 Å². The minimum absolute atomic E-state index is 0.170. The van der Waals surface area contributed by atoms with Gasteiger partial charge < -0.3 is 14.3 Å². The highest BCUT2D eigenvalue weighted by Crippen LogP contribution is 2.24. The normalized spacial score (nSPS) is 11.7. The Kier molecular flexibility index (Phi) is 5.88. The van der Waals surface area contributed by atoms with Gasteiger partial charge in [-0.1, -0.05) is 28.4 Å². The van der Waals surface area contributed by atoms with Crippen LogP contribution in [0.25, 0.3) is 11.0 Å². The third kappa shape index (κ3) is 4.84. The van der Waals surface area contributed by atoms with E-state index in [1.807, 2.05) is 0 Å². The molecule has 0 N–H and O–H groups in total. The van der Waals surface area contributed by atoms with Crippen molar-refractivity contribution in [2.45, 2.75) is 0 Å². The van der Waals surface area contributed by atoms with Gasteiger partial charge in [0.05, 0.1) is 23.5 Å². The second-order valence-electron chi connectivity index (χ2n) is 4.93. The van der Waals surface area contributed by atoms with Crippen LogP contribution in [0.5, 0.6) is 17.4 Å². The number of benzene rings is 2. The zero-order valence-electron chi connectivity index (χ0n) is 13.6. The van der Waals surface area contributed by atoms with E-state index in [4.69, 9.17) is 32.7 Å². The van der Waals surface area contributed by atoms with Gasteiger partial charge in [-0.05, 0) is 42.5 Å². The monoisotopic (exact) mass is 389 g/mol. The van der Waals surface area contributed by atoms with Crippen LogP contribution in [0, 0.1) is 0 Å². The molecule has 26 heavy (non-hydrogen) atoms. The number of rotatable bonds is 6. The molecule has 1 aromatic heterocycles. The first-order valence-electron chi connectivity index (χ1n) is 7.44. The average molecular weight is 390 g/mol. The fourth-order valence-electron chi connectivity index (χ4n) is 2.01. The molecule has 2 aromatic carbocycles. The van der Waals surface area contributed by atoms with Crippen molar-refractivity contribution >= 4 is 39.4 Å². The SMILES string of the molecule is CON=C(Cl)/C=C\Oc1ccc(Oc2cnc3cc(Cl)ccc3n2)cc1. The van der Waals surface area contributed by atoms with E-state index in [2.05, 4.69) is 20.0 Å². The molecule has 0 aliphatic rings. The first-order valence-corrected chi connectivity index (χ1v) is 8.20. The molecule has 3 aromatic rings. The number of hydrogen-bond acceptors (Lipinski definition) is 6. The van der Waals surface area contributed by atoms with Gasteiger partial charge in [-0.25, -0.2) is 9.97 Å². The van der Waals surface area contributed by atoms with Crippen molar-refractivity contribution < 1.29 is 14.3 Å². The van der Waals surface area contributed by atoms with Crippen LogP contribution >= 0.6 is 23.2 Å². The second-order valence-corrected chi connectivity index (χ2v) is 5.76. The van der Waals surface area contributed by atoms with Gasteiger partial charge in [-0.15, -0.1) is 0 Å². The van der Waals surface area contributed by atoms with E-state index >= 15 is 0 Å². The number of nitrogens with zero attached hydrogens (tertiary/aromatic N) is 3. The molecular formula is C18H13Cl2N3O3. The summed E-state index contributed by atoms with van der Waals surface area (Å²) in [7, 11) is 1.41. The van der Waals surface area contributed by atoms with E-state index < -0.39 is 0 Å². The number of halogens is 2. The summed E-state index contributed by atoms with van der Waals surface area (Å²) in [6, 6.07) is 12.3. The number of aromatic nitrogens is 2. The summed E-state index contributed by atoms with van der Waals surface area (Å²) in [5, 5.41) is 4.30. The maximum absolute atomic E-state index is 5.94. The Labute approximate surface area is 159 Å². The minimum Gasteiger partial charge on any atom is -0.465 e. The van der Waals surface area contributed by atoms with Gasteiger partial charge in [0.15, 0.2) is 5.17 Å². The predicted molar refractivity (Wildman–Crippen MR) is 101 cm³/mol. The summed E-state index contributed by atoms with van der Waals surface area (Å²) in [5.74, 6) is 1.59. The van der Waals surface area contributed by atoms with Crippen molar-refractivity contribution in [2.24, 2.45) is 5.16 Å². The first kappa shape index (κ1) is 18.0. The Hall–Kier alpha value is -2.83. The van der Waals surface area contributed by atoms with E-state index in [0.29, 0.717) is 33.4 Å². The lowest BCUT2D eigenvalue weighted by atomic mass is 10.3. The molecule has 0 radical (unpaired) electrons. The molecule has 1 heterocycles. The Morgan fingerprint density at radius 3 is 2.62 bits per heavy atom. The van der Waals surface area contributed by atoms with Crippen molar-refractivity contribution in [3.63, 3.8) is 0 Å². The number of hydrogen-bond donors (Lipinski definition) is 0. The van der Waals surface area contributed by atoms with Crippen molar-refractivity contribution in [3.05, 3.63) is 66.0 Å². The van der Waals surface area contributed by atoms with Gasteiger partial charge in [-0.2, -0.15) is 0 Å². The number of oxime groups is 1. The maximum atomic E-state index is 5.94. The lowest BCUT2D eigenvalue weighted by molar-refractivity contribution is 0.215. The standard InChI is InChI=1S/C18H13Cl2N3O3/c1-24-23-17(20)8-9-25-13-3-5-14(6-4-13)26-18-11-21-16-10-12(19)2-7-15(16)22-18/h2-11H,1H3/b9-8-,23-17?. The van der Waals surface area contributed by atoms with Crippen LogP contribution in [0.1, 0.15) is 0 Å². The lowest BCUT2D eigenvalue weighted by Crippen LogP contribution is -1.91. The topological polar surface area (TPSA) is 65.8 Å². The quantitative estimate of drug-likeness (QED) is 0.330. The molecule has 0 amide bonds. The zero-order chi connectivity index (χ0) is 18.4. The van der Waals surface area contributed by atoms with Gasteiger partial charge in [0, 0.05) is 11.1 Å². The molecule has 0 unspecified atom stereocenters. The molecule has 0 spiro atoms. The van der Waals surface area contributed by atoms with Gasteiger partial charge in [-0.3, -0.25) is 0 Å². The molecule has 8 heteroatoms. The van der Waals surface area contributed by atoms with Gasteiger partial charge >= 0.3 is 0 Å². The van der Waals surface area contributed by atoms with Crippen LogP contribution in [0.2, 0.25) is 5.02 Å². The molecule has 0 saturated carbocycles. The Morgan fingerprint density at radius 2 is 1.85 bits per heavy atom. The Bertz CT molecular complexity index is 960. The molecule has 3 rings (SSSR count). The maximum Gasteiger partial charge on any atom is 0.238 e. The highest BCUT2D eigenvalue weighted by molar-refractivity contribution is 6.68. The fraction of sp³-hybridized carbons (Fsp3) is 0.0556. The summed E-state index contributed by atoms with van der Waals surface area (Å²) >= 11 is 11.7. The molecule has 0 bridgehead atoms. The highest BCUT2D eigenvalue weighted by atomic mass is 35.5. The van der Waals surface area contributed by atoms with Gasteiger partial charge in [0.1, 0.15) is 18.6 Å². The van der Waals surface area contributed by atoms with Crippen LogP contribution in [-0.2, 0) is 4.84 Å². The third-order valence-corrected chi connectivity index (χ3v) is 3.55. The number of ether oxygens (including phenoxy) is 2. The van der Waals surface area contributed by atoms with E-state index in [0.717, 1.165) is 0 Å². The minimum atomic E-state index is 0.170. The van der Waals surface area contributed by atoms with Crippen molar-refractivity contribution in [3.8, 4) is 17.4 Å². The third-order valence-electron chi connectivity index (χ3n) is 3.12. The number of fused-ring (bicyclic) bond motifs is 1. The van der Waals surface area contributed by atoms with Crippen LogP contribution in [0.15, 0.2) is 66.2 Å². The largest absolute Gasteiger partial charge is 0.465 e. The van der Waals surface area contributed by atoms with Crippen LogP contribution in [0.3, 0.4) is 0 Å². The molecule has 0 aliphatic carbocycles. The first-order chi connectivity index (χ1) is 12.6. The van der Waals surface area contributed by atoms with Crippen molar-refractivity contribution in [1.82, 2.24) is 9.97 Å². The van der Waals surface area contributed by atoms with E-state index in [-0.39, 0.29) is 5.17 Å².